The number of hydrogen-bond donors (Lipinski definition) is 2. The Labute approximate surface area is 108 Å². The highest BCUT2D eigenvalue weighted by molar-refractivity contribution is 5.66. The number of rotatable bonds is 3. The summed E-state index contributed by atoms with van der Waals surface area (Å²) in [6.07, 6.45) is -1.73. The van der Waals surface area contributed by atoms with Crippen molar-refractivity contribution in [3.05, 3.63) is 53.6 Å². The summed E-state index contributed by atoms with van der Waals surface area (Å²) in [4.78, 5) is 0. The van der Waals surface area contributed by atoms with Crippen LogP contribution in [0.1, 0.15) is 11.9 Å². The van der Waals surface area contributed by atoms with Crippen LogP contribution in [0.4, 0.5) is 8.78 Å². The van der Waals surface area contributed by atoms with Crippen molar-refractivity contribution in [3.63, 3.8) is 0 Å². The number of aliphatic hydroxyl groups is 2. The van der Waals surface area contributed by atoms with Crippen LogP contribution in [-0.2, 0) is 0 Å². The lowest BCUT2D eigenvalue weighted by atomic mass is 10.0. The fraction of sp³-hybridized carbons (Fsp3) is 0.143. The van der Waals surface area contributed by atoms with Crippen molar-refractivity contribution in [2.75, 3.05) is 7.11 Å². The summed E-state index contributed by atoms with van der Waals surface area (Å²) >= 11 is 0. The molecule has 0 heterocycles. The third-order valence-corrected chi connectivity index (χ3v) is 2.70. The maximum atomic E-state index is 13.2. The Morgan fingerprint density at radius 3 is 2.11 bits per heavy atom. The van der Waals surface area contributed by atoms with Crippen LogP contribution in [0.15, 0.2) is 36.4 Å². The third kappa shape index (κ3) is 2.89. The van der Waals surface area contributed by atoms with Crippen molar-refractivity contribution in [2.45, 2.75) is 6.29 Å². The van der Waals surface area contributed by atoms with E-state index in [2.05, 4.69) is 0 Å². The Balaban J connectivity index is 2.53. The van der Waals surface area contributed by atoms with Crippen molar-refractivity contribution < 1.29 is 23.7 Å². The van der Waals surface area contributed by atoms with Gasteiger partial charge in [-0.1, -0.05) is 6.07 Å². The van der Waals surface area contributed by atoms with Gasteiger partial charge in [0.25, 0.3) is 0 Å². The van der Waals surface area contributed by atoms with Gasteiger partial charge in [-0.2, -0.15) is 0 Å². The summed E-state index contributed by atoms with van der Waals surface area (Å²) in [7, 11) is 1.39. The van der Waals surface area contributed by atoms with E-state index in [4.69, 9.17) is 4.74 Å². The fourth-order valence-corrected chi connectivity index (χ4v) is 1.84. The van der Waals surface area contributed by atoms with Gasteiger partial charge in [-0.15, -0.1) is 0 Å². The summed E-state index contributed by atoms with van der Waals surface area (Å²) in [6, 6.07) is 7.61. The fourth-order valence-electron chi connectivity index (χ4n) is 1.84. The number of aliphatic hydroxyl groups excluding tert-OH is 1. The smallest absolute Gasteiger partial charge is 0.182 e. The van der Waals surface area contributed by atoms with Gasteiger partial charge in [-0.25, -0.2) is 8.78 Å². The van der Waals surface area contributed by atoms with Gasteiger partial charge in [0.2, 0.25) is 0 Å². The summed E-state index contributed by atoms with van der Waals surface area (Å²) < 4.78 is 31.3. The predicted octanol–water partition coefficient (Wildman–Crippen LogP) is 2.62. The molecule has 2 aromatic rings. The largest absolute Gasteiger partial charge is 0.496 e. The monoisotopic (exact) mass is 266 g/mol. The van der Waals surface area contributed by atoms with Crippen LogP contribution in [0.2, 0.25) is 0 Å². The lowest BCUT2D eigenvalue weighted by Gasteiger charge is -2.12. The standard InChI is InChI=1S/C14H12F2O3/c1-19-13-3-2-8(6-12(13)14(17)18)9-4-10(15)7-11(16)5-9/h2-7,14,17-18H,1H3. The number of benzene rings is 2. The first kappa shape index (κ1) is 13.5. The van der Waals surface area contributed by atoms with E-state index in [1.807, 2.05) is 0 Å². The summed E-state index contributed by atoms with van der Waals surface area (Å²) in [5.41, 5.74) is 0.897. The van der Waals surface area contributed by atoms with Gasteiger partial charge in [-0.3, -0.25) is 0 Å². The van der Waals surface area contributed by atoms with Crippen molar-refractivity contribution in [1.29, 1.82) is 0 Å². The van der Waals surface area contributed by atoms with Crippen LogP contribution in [-0.4, -0.2) is 17.3 Å². The topological polar surface area (TPSA) is 49.7 Å². The molecule has 3 nitrogen and oxygen atoms in total. The normalized spacial score (nSPS) is 10.8. The average Bonchev–Trinajstić information content (AvgIpc) is 2.36. The minimum Gasteiger partial charge on any atom is -0.496 e. The zero-order valence-electron chi connectivity index (χ0n) is 10.1. The molecule has 0 radical (unpaired) electrons. The zero-order valence-corrected chi connectivity index (χ0v) is 10.1. The van der Waals surface area contributed by atoms with Crippen LogP contribution in [0, 0.1) is 11.6 Å². The van der Waals surface area contributed by atoms with Gasteiger partial charge < -0.3 is 14.9 Å². The first-order chi connectivity index (χ1) is 9.01. The zero-order chi connectivity index (χ0) is 14.0. The molecule has 0 aromatic heterocycles. The molecule has 0 atom stereocenters. The van der Waals surface area contributed by atoms with E-state index in [9.17, 15) is 19.0 Å². The summed E-state index contributed by atoms with van der Waals surface area (Å²) in [6.45, 7) is 0. The Bertz CT molecular complexity index is 577. The molecule has 0 saturated carbocycles. The number of halogens is 2. The van der Waals surface area contributed by atoms with Gasteiger partial charge >= 0.3 is 0 Å². The molecular formula is C14H12F2O3. The SMILES string of the molecule is COc1ccc(-c2cc(F)cc(F)c2)cc1C(O)O. The Hall–Kier alpha value is -1.98. The molecule has 0 spiro atoms. The second-order valence-electron chi connectivity index (χ2n) is 3.99. The van der Waals surface area contributed by atoms with E-state index in [0.29, 0.717) is 11.1 Å². The van der Waals surface area contributed by atoms with E-state index in [1.54, 1.807) is 6.07 Å². The quantitative estimate of drug-likeness (QED) is 0.840. The van der Waals surface area contributed by atoms with Gasteiger partial charge in [0, 0.05) is 11.6 Å². The molecular weight excluding hydrogens is 254 g/mol. The van der Waals surface area contributed by atoms with Crippen LogP contribution < -0.4 is 4.74 Å². The van der Waals surface area contributed by atoms with Crippen molar-refractivity contribution >= 4 is 0 Å². The lowest BCUT2D eigenvalue weighted by Crippen LogP contribution is -1.99. The highest BCUT2D eigenvalue weighted by Gasteiger charge is 2.12. The number of ether oxygens (including phenoxy) is 1. The van der Waals surface area contributed by atoms with E-state index >= 15 is 0 Å². The molecule has 100 valence electrons. The molecule has 0 aliphatic heterocycles. The Kier molecular flexibility index (Phi) is 3.78. The minimum absolute atomic E-state index is 0.129. The number of methoxy groups -OCH3 is 1. The predicted molar refractivity (Wildman–Crippen MR) is 65.5 cm³/mol. The summed E-state index contributed by atoms with van der Waals surface area (Å²) in [5, 5.41) is 18.5. The first-order valence-corrected chi connectivity index (χ1v) is 5.52. The van der Waals surface area contributed by atoms with Crippen LogP contribution >= 0.6 is 0 Å². The Morgan fingerprint density at radius 2 is 1.58 bits per heavy atom. The highest BCUT2D eigenvalue weighted by atomic mass is 19.1. The van der Waals surface area contributed by atoms with Crippen LogP contribution in [0.3, 0.4) is 0 Å². The van der Waals surface area contributed by atoms with Gasteiger partial charge in [0.1, 0.15) is 17.4 Å². The van der Waals surface area contributed by atoms with E-state index in [-0.39, 0.29) is 11.3 Å². The van der Waals surface area contributed by atoms with E-state index in [0.717, 1.165) is 6.07 Å². The first-order valence-electron chi connectivity index (χ1n) is 5.52. The van der Waals surface area contributed by atoms with Crippen molar-refractivity contribution in [2.24, 2.45) is 0 Å². The second-order valence-corrected chi connectivity index (χ2v) is 3.99. The second kappa shape index (κ2) is 5.34. The molecule has 19 heavy (non-hydrogen) atoms. The Morgan fingerprint density at radius 1 is 0.947 bits per heavy atom. The maximum absolute atomic E-state index is 13.2. The van der Waals surface area contributed by atoms with Crippen molar-refractivity contribution in [1.82, 2.24) is 0 Å². The number of hydrogen-bond acceptors (Lipinski definition) is 3. The van der Waals surface area contributed by atoms with Gasteiger partial charge in [0.15, 0.2) is 6.29 Å². The third-order valence-electron chi connectivity index (χ3n) is 2.70. The molecule has 0 aliphatic rings. The van der Waals surface area contributed by atoms with Crippen molar-refractivity contribution in [3.8, 4) is 16.9 Å². The lowest BCUT2D eigenvalue weighted by molar-refractivity contribution is -0.0438. The molecule has 0 saturated heterocycles. The minimum atomic E-state index is -1.73. The average molecular weight is 266 g/mol. The molecule has 2 rings (SSSR count). The highest BCUT2D eigenvalue weighted by Crippen LogP contribution is 2.30. The molecule has 0 aliphatic carbocycles. The molecule has 0 bridgehead atoms. The summed E-state index contributed by atoms with van der Waals surface area (Å²) in [5.74, 6) is -1.11. The molecule has 5 heteroatoms. The maximum Gasteiger partial charge on any atom is 0.182 e. The van der Waals surface area contributed by atoms with Crippen LogP contribution in [0.25, 0.3) is 11.1 Å². The molecule has 0 unspecified atom stereocenters. The van der Waals surface area contributed by atoms with Gasteiger partial charge in [-0.05, 0) is 35.4 Å². The molecule has 0 fully saturated rings. The molecule has 2 aromatic carbocycles. The molecule has 0 amide bonds. The van der Waals surface area contributed by atoms with Gasteiger partial charge in [0.05, 0.1) is 7.11 Å². The van der Waals surface area contributed by atoms with E-state index in [1.165, 1.54) is 31.4 Å². The van der Waals surface area contributed by atoms with Crippen LogP contribution in [0.5, 0.6) is 5.75 Å². The molecule has 2 N–H and O–H groups in total. The van der Waals surface area contributed by atoms with E-state index < -0.39 is 17.9 Å².